The fourth-order valence-electron chi connectivity index (χ4n) is 1.64. The van der Waals surface area contributed by atoms with Crippen LogP contribution in [0.15, 0.2) is 42.6 Å². The minimum Gasteiger partial charge on any atom is -0.322 e. The van der Waals surface area contributed by atoms with E-state index >= 15 is 0 Å². The highest BCUT2D eigenvalue weighted by atomic mass is 35.5. The molecule has 0 aliphatic heterocycles. The Kier molecular flexibility index (Phi) is 4.00. The van der Waals surface area contributed by atoms with E-state index in [1.807, 2.05) is 30.3 Å². The monoisotopic (exact) mass is 266 g/mol. The van der Waals surface area contributed by atoms with Gasteiger partial charge >= 0.3 is 0 Å². The zero-order chi connectivity index (χ0) is 12.3. The first-order chi connectivity index (χ1) is 8.18. The molecule has 1 aromatic heterocycles. The van der Waals surface area contributed by atoms with Crippen LogP contribution >= 0.6 is 23.2 Å². The van der Waals surface area contributed by atoms with E-state index in [0.29, 0.717) is 16.5 Å². The summed E-state index contributed by atoms with van der Waals surface area (Å²) in [5, 5.41) is 1.12. The molecule has 2 N–H and O–H groups in total. The molecule has 0 aliphatic rings. The van der Waals surface area contributed by atoms with Crippen LogP contribution in [0.1, 0.15) is 17.3 Å². The van der Waals surface area contributed by atoms with Crippen LogP contribution in [-0.2, 0) is 6.42 Å². The van der Waals surface area contributed by atoms with Crippen molar-refractivity contribution in [3.63, 3.8) is 0 Å². The van der Waals surface area contributed by atoms with Crippen LogP contribution in [0.4, 0.5) is 0 Å². The third-order valence-electron chi connectivity index (χ3n) is 2.54. The van der Waals surface area contributed by atoms with Crippen molar-refractivity contribution in [1.29, 1.82) is 0 Å². The number of pyridine rings is 1. The van der Waals surface area contributed by atoms with Gasteiger partial charge in [0.15, 0.2) is 0 Å². The first-order valence-electron chi connectivity index (χ1n) is 5.28. The van der Waals surface area contributed by atoms with E-state index in [9.17, 15) is 0 Å². The van der Waals surface area contributed by atoms with Crippen LogP contribution in [-0.4, -0.2) is 4.98 Å². The average Bonchev–Trinajstić information content (AvgIpc) is 2.36. The highest BCUT2D eigenvalue weighted by Gasteiger charge is 2.11. The van der Waals surface area contributed by atoms with E-state index in [-0.39, 0.29) is 6.04 Å². The zero-order valence-corrected chi connectivity index (χ0v) is 10.6. The molecular formula is C13H12Cl2N2. The van der Waals surface area contributed by atoms with Gasteiger partial charge in [-0.3, -0.25) is 4.98 Å². The van der Waals surface area contributed by atoms with Gasteiger partial charge in [0.05, 0.1) is 21.8 Å². The third kappa shape index (κ3) is 2.97. The van der Waals surface area contributed by atoms with Gasteiger partial charge < -0.3 is 5.73 Å². The van der Waals surface area contributed by atoms with E-state index in [2.05, 4.69) is 4.98 Å². The molecule has 0 saturated carbocycles. The summed E-state index contributed by atoms with van der Waals surface area (Å²) in [6.07, 6.45) is 2.35. The Morgan fingerprint density at radius 1 is 1.12 bits per heavy atom. The highest BCUT2D eigenvalue weighted by Crippen LogP contribution is 2.28. The van der Waals surface area contributed by atoms with E-state index in [4.69, 9.17) is 28.9 Å². The quantitative estimate of drug-likeness (QED) is 0.922. The maximum atomic E-state index is 6.12. The molecule has 0 amide bonds. The number of hydrogen-bond donors (Lipinski definition) is 1. The predicted octanol–water partition coefficient (Wildman–Crippen LogP) is 3.63. The molecule has 1 heterocycles. The summed E-state index contributed by atoms with van der Waals surface area (Å²) >= 11 is 12.1. The normalized spacial score (nSPS) is 12.4. The van der Waals surface area contributed by atoms with Gasteiger partial charge in [-0.15, -0.1) is 0 Å². The van der Waals surface area contributed by atoms with E-state index in [0.717, 1.165) is 11.3 Å². The number of nitrogens with zero attached hydrogens (tertiary/aromatic N) is 1. The number of benzene rings is 1. The Morgan fingerprint density at radius 3 is 2.65 bits per heavy atom. The topological polar surface area (TPSA) is 38.9 Å². The lowest BCUT2D eigenvalue weighted by molar-refractivity contribution is 0.696. The summed E-state index contributed by atoms with van der Waals surface area (Å²) in [4.78, 5) is 4.23. The molecular weight excluding hydrogens is 255 g/mol. The Bertz CT molecular complexity index is 500. The number of nitrogens with two attached hydrogens (primary N) is 1. The minimum atomic E-state index is -0.174. The van der Waals surface area contributed by atoms with Crippen molar-refractivity contribution in [2.75, 3.05) is 0 Å². The molecule has 1 unspecified atom stereocenters. The van der Waals surface area contributed by atoms with Gasteiger partial charge in [0.1, 0.15) is 0 Å². The fourth-order valence-corrected chi connectivity index (χ4v) is 2.04. The number of aromatic nitrogens is 1. The second-order valence-corrected chi connectivity index (χ2v) is 4.56. The maximum absolute atomic E-state index is 6.12. The van der Waals surface area contributed by atoms with Gasteiger partial charge in [0.25, 0.3) is 0 Å². The zero-order valence-electron chi connectivity index (χ0n) is 9.11. The SMILES string of the molecule is NC(Cc1cccc(Cl)c1Cl)c1ccccn1. The van der Waals surface area contributed by atoms with Gasteiger partial charge in [-0.05, 0) is 30.2 Å². The highest BCUT2D eigenvalue weighted by molar-refractivity contribution is 6.42. The van der Waals surface area contributed by atoms with Crippen molar-refractivity contribution >= 4 is 23.2 Å². The maximum Gasteiger partial charge on any atom is 0.0624 e. The minimum absolute atomic E-state index is 0.174. The second kappa shape index (κ2) is 5.50. The van der Waals surface area contributed by atoms with E-state index in [1.54, 1.807) is 12.3 Å². The molecule has 0 radical (unpaired) electrons. The lowest BCUT2D eigenvalue weighted by atomic mass is 10.0. The summed E-state index contributed by atoms with van der Waals surface area (Å²) < 4.78 is 0. The Morgan fingerprint density at radius 2 is 1.94 bits per heavy atom. The lowest BCUT2D eigenvalue weighted by Gasteiger charge is -2.12. The number of halogens is 2. The number of rotatable bonds is 3. The Labute approximate surface area is 110 Å². The third-order valence-corrected chi connectivity index (χ3v) is 3.40. The van der Waals surface area contributed by atoms with Gasteiger partial charge in [-0.25, -0.2) is 0 Å². The Hall–Kier alpha value is -1.09. The molecule has 0 bridgehead atoms. The van der Waals surface area contributed by atoms with Crippen molar-refractivity contribution in [2.45, 2.75) is 12.5 Å². The second-order valence-electron chi connectivity index (χ2n) is 3.78. The van der Waals surface area contributed by atoms with Gasteiger partial charge in [-0.1, -0.05) is 41.4 Å². The van der Waals surface area contributed by atoms with Gasteiger partial charge in [0.2, 0.25) is 0 Å². The van der Waals surface area contributed by atoms with Crippen molar-refractivity contribution in [1.82, 2.24) is 4.98 Å². The van der Waals surface area contributed by atoms with E-state index < -0.39 is 0 Å². The molecule has 17 heavy (non-hydrogen) atoms. The summed E-state index contributed by atoms with van der Waals surface area (Å²) in [5.74, 6) is 0. The predicted molar refractivity (Wildman–Crippen MR) is 71.3 cm³/mol. The fraction of sp³-hybridized carbons (Fsp3) is 0.154. The van der Waals surface area contributed by atoms with Crippen molar-refractivity contribution in [3.8, 4) is 0 Å². The number of hydrogen-bond acceptors (Lipinski definition) is 2. The molecule has 2 rings (SSSR count). The summed E-state index contributed by atoms with van der Waals surface area (Å²) in [7, 11) is 0. The van der Waals surface area contributed by atoms with Crippen LogP contribution in [0.2, 0.25) is 10.0 Å². The van der Waals surface area contributed by atoms with Crippen LogP contribution in [0.5, 0.6) is 0 Å². The summed E-state index contributed by atoms with van der Waals surface area (Å²) in [6, 6.07) is 11.1. The molecule has 0 aliphatic carbocycles. The molecule has 0 fully saturated rings. The molecule has 4 heteroatoms. The van der Waals surface area contributed by atoms with Crippen LogP contribution in [0, 0.1) is 0 Å². The molecule has 88 valence electrons. The van der Waals surface area contributed by atoms with E-state index in [1.165, 1.54) is 0 Å². The molecule has 1 aromatic carbocycles. The first kappa shape index (κ1) is 12.4. The van der Waals surface area contributed by atoms with Gasteiger partial charge in [-0.2, -0.15) is 0 Å². The van der Waals surface area contributed by atoms with Crippen molar-refractivity contribution in [3.05, 3.63) is 63.9 Å². The average molecular weight is 267 g/mol. The molecule has 0 spiro atoms. The standard InChI is InChI=1S/C13H12Cl2N2/c14-10-5-3-4-9(13(10)15)8-11(16)12-6-1-2-7-17-12/h1-7,11H,8,16H2. The van der Waals surface area contributed by atoms with Crippen molar-refractivity contribution < 1.29 is 0 Å². The largest absolute Gasteiger partial charge is 0.322 e. The summed E-state index contributed by atoms with van der Waals surface area (Å²) in [5.41, 5.74) is 7.87. The van der Waals surface area contributed by atoms with Crippen LogP contribution in [0.3, 0.4) is 0 Å². The smallest absolute Gasteiger partial charge is 0.0624 e. The molecule has 1 atom stereocenters. The first-order valence-corrected chi connectivity index (χ1v) is 6.03. The molecule has 2 nitrogen and oxygen atoms in total. The Balaban J connectivity index is 2.19. The summed E-state index contributed by atoms with van der Waals surface area (Å²) in [6.45, 7) is 0. The van der Waals surface area contributed by atoms with Crippen LogP contribution < -0.4 is 5.73 Å². The van der Waals surface area contributed by atoms with Crippen LogP contribution in [0.25, 0.3) is 0 Å². The lowest BCUT2D eigenvalue weighted by Crippen LogP contribution is -2.14. The molecule has 2 aromatic rings. The van der Waals surface area contributed by atoms with Crippen molar-refractivity contribution in [2.24, 2.45) is 5.73 Å². The van der Waals surface area contributed by atoms with Gasteiger partial charge in [0, 0.05) is 6.20 Å². The molecule has 0 saturated heterocycles.